The second-order valence-electron chi connectivity index (χ2n) is 9.20. The molecule has 2 saturated carbocycles. The van der Waals surface area contributed by atoms with Gasteiger partial charge < -0.3 is 0 Å². The predicted molar refractivity (Wildman–Crippen MR) is 114 cm³/mol. The van der Waals surface area contributed by atoms with Crippen LogP contribution in [0.2, 0.25) is 0 Å². The lowest BCUT2D eigenvalue weighted by atomic mass is 9.74. The first-order valence-electron chi connectivity index (χ1n) is 11.7. The van der Waals surface area contributed by atoms with Crippen molar-refractivity contribution in [3.63, 3.8) is 0 Å². The second-order valence-corrected chi connectivity index (χ2v) is 9.20. The molecule has 0 nitrogen and oxygen atoms in total. The standard InChI is InChI=1S/C26H39F/c1-2-3-4-5-6-21-7-9-22(10-8-21)11-12-23-13-15-24(16-14-23)25-17-19-26(27)20-18-25/h5-6,17-24H,2-4,7-16H2,1H3/b6-5+. The highest BCUT2D eigenvalue weighted by Crippen LogP contribution is 2.39. The molecule has 3 rings (SSSR count). The Bertz CT molecular complexity index is 542. The van der Waals surface area contributed by atoms with Crippen LogP contribution in [-0.4, -0.2) is 0 Å². The molecule has 0 amide bonds. The summed E-state index contributed by atoms with van der Waals surface area (Å²) in [4.78, 5) is 0. The van der Waals surface area contributed by atoms with Gasteiger partial charge in [0.05, 0.1) is 0 Å². The normalized spacial score (nSPS) is 29.3. The summed E-state index contributed by atoms with van der Waals surface area (Å²) in [7, 11) is 0. The lowest BCUT2D eigenvalue weighted by molar-refractivity contribution is 0.246. The SMILES string of the molecule is CCCC/C=C/C1CCC(CCC2CCC(c3ccc(F)cc3)CC2)CC1. The van der Waals surface area contributed by atoms with Crippen molar-refractivity contribution in [1.82, 2.24) is 0 Å². The zero-order chi connectivity index (χ0) is 18.9. The van der Waals surface area contributed by atoms with Crippen molar-refractivity contribution in [3.05, 3.63) is 47.8 Å². The average Bonchev–Trinajstić information content (AvgIpc) is 2.72. The molecule has 2 aliphatic rings. The van der Waals surface area contributed by atoms with Crippen LogP contribution in [0.5, 0.6) is 0 Å². The van der Waals surface area contributed by atoms with E-state index in [0.717, 1.165) is 17.8 Å². The number of rotatable bonds is 8. The predicted octanol–water partition coefficient (Wildman–Crippen LogP) is 8.43. The van der Waals surface area contributed by atoms with E-state index in [1.54, 1.807) is 12.1 Å². The third kappa shape index (κ3) is 6.77. The molecule has 1 aromatic carbocycles. The van der Waals surface area contributed by atoms with Gasteiger partial charge in [-0.2, -0.15) is 0 Å². The molecule has 0 radical (unpaired) electrons. The number of allylic oxidation sites excluding steroid dienone is 2. The van der Waals surface area contributed by atoms with Crippen LogP contribution < -0.4 is 0 Å². The van der Waals surface area contributed by atoms with E-state index in [1.807, 2.05) is 12.1 Å². The maximum Gasteiger partial charge on any atom is 0.123 e. The van der Waals surface area contributed by atoms with Gasteiger partial charge in [-0.1, -0.05) is 56.9 Å². The first-order chi connectivity index (χ1) is 13.2. The summed E-state index contributed by atoms with van der Waals surface area (Å²) < 4.78 is 13.1. The summed E-state index contributed by atoms with van der Waals surface area (Å²) in [6.45, 7) is 2.27. The Morgan fingerprint density at radius 3 is 2.04 bits per heavy atom. The van der Waals surface area contributed by atoms with Crippen LogP contribution in [0.25, 0.3) is 0 Å². The minimum absolute atomic E-state index is 0.112. The highest BCUT2D eigenvalue weighted by Gasteiger charge is 2.24. The molecule has 0 bridgehead atoms. The van der Waals surface area contributed by atoms with E-state index < -0.39 is 0 Å². The van der Waals surface area contributed by atoms with Crippen LogP contribution in [0.3, 0.4) is 0 Å². The lowest BCUT2D eigenvalue weighted by Crippen LogP contribution is -2.17. The van der Waals surface area contributed by atoms with E-state index in [2.05, 4.69) is 19.1 Å². The van der Waals surface area contributed by atoms with Crippen LogP contribution >= 0.6 is 0 Å². The maximum atomic E-state index is 13.1. The highest BCUT2D eigenvalue weighted by atomic mass is 19.1. The van der Waals surface area contributed by atoms with Crippen molar-refractivity contribution in [2.24, 2.45) is 17.8 Å². The van der Waals surface area contributed by atoms with Gasteiger partial charge in [0.2, 0.25) is 0 Å². The van der Waals surface area contributed by atoms with Crippen LogP contribution in [0.4, 0.5) is 4.39 Å². The fourth-order valence-electron chi connectivity index (χ4n) is 5.27. The molecule has 0 aromatic heterocycles. The zero-order valence-electron chi connectivity index (χ0n) is 17.3. The lowest BCUT2D eigenvalue weighted by Gasteiger charge is -2.31. The maximum absolute atomic E-state index is 13.1. The van der Waals surface area contributed by atoms with Gasteiger partial charge in [0.15, 0.2) is 0 Å². The summed E-state index contributed by atoms with van der Waals surface area (Å²) in [6.07, 6.45) is 22.9. The first kappa shape index (κ1) is 20.6. The molecule has 0 spiro atoms. The molecule has 0 atom stereocenters. The number of hydrogen-bond acceptors (Lipinski definition) is 0. The van der Waals surface area contributed by atoms with Crippen LogP contribution in [0.15, 0.2) is 36.4 Å². The van der Waals surface area contributed by atoms with Gasteiger partial charge in [0.1, 0.15) is 5.82 Å². The highest BCUT2D eigenvalue weighted by molar-refractivity contribution is 5.20. The molecular weight excluding hydrogens is 331 g/mol. The summed E-state index contributed by atoms with van der Waals surface area (Å²) in [5.41, 5.74) is 1.35. The molecular formula is C26H39F. The van der Waals surface area contributed by atoms with Crippen molar-refractivity contribution < 1.29 is 4.39 Å². The van der Waals surface area contributed by atoms with E-state index in [9.17, 15) is 4.39 Å². The topological polar surface area (TPSA) is 0 Å². The number of hydrogen-bond donors (Lipinski definition) is 0. The first-order valence-corrected chi connectivity index (χ1v) is 11.7. The summed E-state index contributed by atoms with van der Waals surface area (Å²) >= 11 is 0. The average molecular weight is 371 g/mol. The number of unbranched alkanes of at least 4 members (excludes halogenated alkanes) is 2. The molecule has 2 fully saturated rings. The molecule has 1 heteroatoms. The molecule has 1 aromatic rings. The van der Waals surface area contributed by atoms with Gasteiger partial charge in [-0.3, -0.25) is 0 Å². The van der Waals surface area contributed by atoms with Crippen LogP contribution in [0.1, 0.15) is 102 Å². The van der Waals surface area contributed by atoms with E-state index >= 15 is 0 Å². The van der Waals surface area contributed by atoms with Gasteiger partial charge in [-0.15, -0.1) is 0 Å². The van der Waals surface area contributed by atoms with Crippen molar-refractivity contribution in [3.8, 4) is 0 Å². The van der Waals surface area contributed by atoms with Gasteiger partial charge >= 0.3 is 0 Å². The Kier molecular flexibility index (Phi) is 8.42. The van der Waals surface area contributed by atoms with E-state index in [4.69, 9.17) is 0 Å². The molecule has 150 valence electrons. The van der Waals surface area contributed by atoms with Crippen molar-refractivity contribution >= 4 is 0 Å². The number of halogens is 1. The third-order valence-corrected chi connectivity index (χ3v) is 7.20. The monoisotopic (exact) mass is 370 g/mol. The van der Waals surface area contributed by atoms with Crippen LogP contribution in [0, 0.1) is 23.6 Å². The summed E-state index contributed by atoms with van der Waals surface area (Å²) in [6, 6.07) is 7.23. The van der Waals surface area contributed by atoms with Gasteiger partial charge in [0, 0.05) is 0 Å². The zero-order valence-corrected chi connectivity index (χ0v) is 17.3. The molecule has 0 aliphatic heterocycles. The molecule has 2 aliphatic carbocycles. The van der Waals surface area contributed by atoms with Crippen LogP contribution in [-0.2, 0) is 0 Å². The fraction of sp³-hybridized carbons (Fsp3) is 0.692. The van der Waals surface area contributed by atoms with E-state index in [1.165, 1.54) is 89.0 Å². The Hall–Kier alpha value is -1.11. The summed E-state index contributed by atoms with van der Waals surface area (Å²) in [5.74, 6) is 3.34. The second kappa shape index (κ2) is 11.0. The minimum atomic E-state index is -0.112. The molecule has 0 saturated heterocycles. The Morgan fingerprint density at radius 2 is 1.44 bits per heavy atom. The van der Waals surface area contributed by atoms with Gasteiger partial charge in [0.25, 0.3) is 0 Å². The quantitative estimate of drug-likeness (QED) is 0.318. The fourth-order valence-corrected chi connectivity index (χ4v) is 5.27. The minimum Gasteiger partial charge on any atom is -0.207 e. The third-order valence-electron chi connectivity index (χ3n) is 7.20. The van der Waals surface area contributed by atoms with E-state index in [-0.39, 0.29) is 5.82 Å². The number of benzene rings is 1. The summed E-state index contributed by atoms with van der Waals surface area (Å²) in [5, 5.41) is 0. The van der Waals surface area contributed by atoms with Gasteiger partial charge in [-0.05, 0) is 99.2 Å². The molecule has 0 unspecified atom stereocenters. The Balaban J connectivity index is 1.30. The van der Waals surface area contributed by atoms with Gasteiger partial charge in [-0.25, -0.2) is 4.39 Å². The molecule has 0 N–H and O–H groups in total. The largest absolute Gasteiger partial charge is 0.207 e. The van der Waals surface area contributed by atoms with Crippen molar-refractivity contribution in [2.75, 3.05) is 0 Å². The molecule has 27 heavy (non-hydrogen) atoms. The van der Waals surface area contributed by atoms with Crippen molar-refractivity contribution in [2.45, 2.75) is 96.3 Å². The van der Waals surface area contributed by atoms with E-state index in [0.29, 0.717) is 5.92 Å². The Labute approximate surface area is 166 Å². The Morgan fingerprint density at radius 1 is 0.852 bits per heavy atom. The van der Waals surface area contributed by atoms with Crippen molar-refractivity contribution in [1.29, 1.82) is 0 Å². The smallest absolute Gasteiger partial charge is 0.123 e. The molecule has 0 heterocycles.